The molecule has 1 heterocycles. The first kappa shape index (κ1) is 17.6. The van der Waals surface area contributed by atoms with Crippen molar-refractivity contribution in [2.75, 3.05) is 4.72 Å². The van der Waals surface area contributed by atoms with Crippen LogP contribution in [-0.2, 0) is 23.1 Å². The van der Waals surface area contributed by atoms with Crippen LogP contribution in [0.25, 0.3) is 11.0 Å². The van der Waals surface area contributed by atoms with Crippen LogP contribution in [0.4, 0.5) is 5.69 Å². The molecule has 0 unspecified atom stereocenters. The predicted molar refractivity (Wildman–Crippen MR) is 99.8 cm³/mol. The summed E-state index contributed by atoms with van der Waals surface area (Å²) in [5.41, 5.74) is 1.61. The van der Waals surface area contributed by atoms with Crippen LogP contribution in [-0.4, -0.2) is 17.6 Å². The Kier molecular flexibility index (Phi) is 4.62. The Hall–Kier alpha value is -2.25. The van der Waals surface area contributed by atoms with Crippen molar-refractivity contribution in [1.29, 1.82) is 0 Å². The highest BCUT2D eigenvalue weighted by Crippen LogP contribution is 2.22. The van der Waals surface area contributed by atoms with E-state index in [1.165, 1.54) is 12.1 Å². The molecule has 6 nitrogen and oxygen atoms in total. The molecule has 132 valence electrons. The van der Waals surface area contributed by atoms with Crippen LogP contribution < -0.4 is 10.4 Å². The Labute approximate surface area is 150 Å². The Balaban J connectivity index is 2.09. The molecule has 0 radical (unpaired) electrons. The lowest BCUT2D eigenvalue weighted by Gasteiger charge is -2.09. The van der Waals surface area contributed by atoms with Gasteiger partial charge in [0.05, 0.1) is 15.9 Å². The van der Waals surface area contributed by atoms with Gasteiger partial charge in [0, 0.05) is 23.8 Å². The van der Waals surface area contributed by atoms with Crippen LogP contribution in [0.1, 0.15) is 13.8 Å². The molecule has 0 atom stereocenters. The first-order chi connectivity index (χ1) is 11.9. The van der Waals surface area contributed by atoms with Crippen molar-refractivity contribution < 1.29 is 8.42 Å². The summed E-state index contributed by atoms with van der Waals surface area (Å²) in [5, 5.41) is 0.525. The van der Waals surface area contributed by atoms with Crippen LogP contribution >= 0.6 is 11.6 Å². The molecule has 0 amide bonds. The fourth-order valence-corrected chi connectivity index (χ4v) is 4.01. The first-order valence-corrected chi connectivity index (χ1v) is 9.75. The average Bonchev–Trinajstić information content (AvgIpc) is 2.86. The quantitative estimate of drug-likeness (QED) is 0.739. The van der Waals surface area contributed by atoms with Crippen molar-refractivity contribution in [2.24, 2.45) is 0 Å². The number of sulfonamides is 1. The number of hydrogen-bond donors (Lipinski definition) is 1. The number of hydrogen-bond acceptors (Lipinski definition) is 3. The van der Waals surface area contributed by atoms with Crippen molar-refractivity contribution in [3.8, 4) is 0 Å². The van der Waals surface area contributed by atoms with E-state index in [1.54, 1.807) is 39.5 Å². The minimum absolute atomic E-state index is 0.102. The van der Waals surface area contributed by atoms with E-state index in [4.69, 9.17) is 11.6 Å². The van der Waals surface area contributed by atoms with Gasteiger partial charge < -0.3 is 0 Å². The number of benzene rings is 2. The molecule has 0 bridgehead atoms. The van der Waals surface area contributed by atoms with Crippen LogP contribution in [0.3, 0.4) is 0 Å². The zero-order chi connectivity index (χ0) is 18.2. The van der Waals surface area contributed by atoms with Crippen molar-refractivity contribution in [1.82, 2.24) is 9.13 Å². The van der Waals surface area contributed by atoms with E-state index in [2.05, 4.69) is 4.72 Å². The Morgan fingerprint density at radius 2 is 1.56 bits per heavy atom. The Morgan fingerprint density at radius 1 is 0.960 bits per heavy atom. The summed E-state index contributed by atoms with van der Waals surface area (Å²) in [6.45, 7) is 4.73. The monoisotopic (exact) mass is 379 g/mol. The molecule has 1 aromatic heterocycles. The van der Waals surface area contributed by atoms with Gasteiger partial charge in [0.25, 0.3) is 10.0 Å². The molecule has 3 rings (SSSR count). The summed E-state index contributed by atoms with van der Waals surface area (Å²) in [7, 11) is -3.77. The lowest BCUT2D eigenvalue weighted by molar-refractivity contribution is 0.601. The normalized spacial score (nSPS) is 11.8. The zero-order valence-electron chi connectivity index (χ0n) is 13.9. The van der Waals surface area contributed by atoms with Crippen molar-refractivity contribution in [3.05, 3.63) is 58.0 Å². The van der Waals surface area contributed by atoms with E-state index in [1.807, 2.05) is 13.8 Å². The van der Waals surface area contributed by atoms with Gasteiger partial charge >= 0.3 is 5.69 Å². The molecule has 0 spiro atoms. The molecule has 0 fully saturated rings. The van der Waals surface area contributed by atoms with E-state index in [-0.39, 0.29) is 10.6 Å². The van der Waals surface area contributed by atoms with Crippen molar-refractivity contribution in [2.45, 2.75) is 31.8 Å². The second-order valence-corrected chi connectivity index (χ2v) is 7.65. The number of halogens is 1. The highest BCUT2D eigenvalue weighted by Gasteiger charge is 2.18. The lowest BCUT2D eigenvalue weighted by atomic mass is 10.3. The SMILES string of the molecule is CCn1c(=O)n(CC)c2cc(S(=O)(=O)Nc3ccc(Cl)cc3)ccc21. The Morgan fingerprint density at radius 3 is 2.16 bits per heavy atom. The number of nitrogens with zero attached hydrogens (tertiary/aromatic N) is 2. The second kappa shape index (κ2) is 6.57. The van der Waals surface area contributed by atoms with Gasteiger partial charge in [0.1, 0.15) is 0 Å². The molecule has 0 aliphatic rings. The van der Waals surface area contributed by atoms with E-state index in [0.717, 1.165) is 5.52 Å². The maximum atomic E-state index is 12.7. The van der Waals surface area contributed by atoms with E-state index >= 15 is 0 Å². The van der Waals surface area contributed by atoms with Gasteiger partial charge in [-0.3, -0.25) is 13.9 Å². The molecule has 3 aromatic rings. The van der Waals surface area contributed by atoms with Crippen LogP contribution in [0, 0.1) is 0 Å². The first-order valence-electron chi connectivity index (χ1n) is 7.89. The van der Waals surface area contributed by atoms with Gasteiger partial charge in [-0.1, -0.05) is 11.6 Å². The molecule has 0 saturated carbocycles. The molecule has 0 aliphatic carbocycles. The van der Waals surface area contributed by atoms with E-state index in [9.17, 15) is 13.2 Å². The lowest BCUT2D eigenvalue weighted by Crippen LogP contribution is -2.23. The molecule has 1 N–H and O–H groups in total. The standard InChI is InChI=1S/C17H18ClN3O3S/c1-3-20-15-10-9-14(11-16(15)21(4-2)17(20)22)25(23,24)19-13-7-5-12(18)6-8-13/h5-11,19H,3-4H2,1-2H3. The third-order valence-electron chi connectivity index (χ3n) is 4.03. The molecular formula is C17H18ClN3O3S. The number of aryl methyl sites for hydroxylation is 2. The third kappa shape index (κ3) is 3.17. The van der Waals surface area contributed by atoms with Crippen molar-refractivity contribution in [3.63, 3.8) is 0 Å². The minimum Gasteiger partial charge on any atom is -0.292 e. The summed E-state index contributed by atoms with van der Waals surface area (Å²) < 4.78 is 31.0. The minimum atomic E-state index is -3.77. The van der Waals surface area contributed by atoms with E-state index in [0.29, 0.717) is 29.3 Å². The highest BCUT2D eigenvalue weighted by atomic mass is 35.5. The molecular weight excluding hydrogens is 362 g/mol. The van der Waals surface area contributed by atoms with Crippen molar-refractivity contribution >= 4 is 38.3 Å². The summed E-state index contributed by atoms with van der Waals surface area (Å²) in [5.74, 6) is 0. The second-order valence-electron chi connectivity index (χ2n) is 5.53. The number of fused-ring (bicyclic) bond motifs is 1. The summed E-state index contributed by atoms with van der Waals surface area (Å²) >= 11 is 5.82. The van der Waals surface area contributed by atoms with Gasteiger partial charge in [0.2, 0.25) is 0 Å². The maximum Gasteiger partial charge on any atom is 0.329 e. The number of nitrogens with one attached hydrogen (secondary N) is 1. The highest BCUT2D eigenvalue weighted by molar-refractivity contribution is 7.92. The summed E-state index contributed by atoms with van der Waals surface area (Å²) in [4.78, 5) is 12.5. The maximum absolute atomic E-state index is 12.7. The van der Waals surface area contributed by atoms with Gasteiger partial charge in [0.15, 0.2) is 0 Å². The smallest absolute Gasteiger partial charge is 0.292 e. The fraction of sp³-hybridized carbons (Fsp3) is 0.235. The molecule has 0 saturated heterocycles. The fourth-order valence-electron chi connectivity index (χ4n) is 2.81. The number of rotatable bonds is 5. The van der Waals surface area contributed by atoms with Gasteiger partial charge in [-0.15, -0.1) is 0 Å². The summed E-state index contributed by atoms with van der Waals surface area (Å²) in [6, 6.07) is 11.1. The number of aromatic nitrogens is 2. The zero-order valence-corrected chi connectivity index (χ0v) is 15.4. The average molecular weight is 380 g/mol. The largest absolute Gasteiger partial charge is 0.329 e. The number of anilines is 1. The molecule has 8 heteroatoms. The molecule has 25 heavy (non-hydrogen) atoms. The molecule has 0 aliphatic heterocycles. The van der Waals surface area contributed by atoms with Gasteiger partial charge in [-0.25, -0.2) is 13.2 Å². The third-order valence-corrected chi connectivity index (χ3v) is 5.66. The topological polar surface area (TPSA) is 73.1 Å². The van der Waals surface area contributed by atoms with Crippen LogP contribution in [0.15, 0.2) is 52.2 Å². The van der Waals surface area contributed by atoms with Crippen LogP contribution in [0.2, 0.25) is 5.02 Å². The van der Waals surface area contributed by atoms with Crippen LogP contribution in [0.5, 0.6) is 0 Å². The molecule has 2 aromatic carbocycles. The van der Waals surface area contributed by atoms with Gasteiger partial charge in [-0.2, -0.15) is 0 Å². The summed E-state index contributed by atoms with van der Waals surface area (Å²) in [6.07, 6.45) is 0. The van der Waals surface area contributed by atoms with E-state index < -0.39 is 10.0 Å². The predicted octanol–water partition coefficient (Wildman–Crippen LogP) is 3.30. The van der Waals surface area contributed by atoms with Gasteiger partial charge in [-0.05, 0) is 56.3 Å². The Bertz CT molecular complexity index is 1080. The number of imidazole rings is 1.